The van der Waals surface area contributed by atoms with E-state index in [9.17, 15) is 0 Å². The third-order valence-corrected chi connectivity index (χ3v) is 8.32. The van der Waals surface area contributed by atoms with Crippen molar-refractivity contribution in [2.24, 2.45) is 5.92 Å². The van der Waals surface area contributed by atoms with Gasteiger partial charge in [0, 0.05) is 32.3 Å². The van der Waals surface area contributed by atoms with Crippen LogP contribution in [0.3, 0.4) is 0 Å². The monoisotopic (exact) mass is 539 g/mol. The average Bonchev–Trinajstić information content (AvgIpc) is 2.92. The van der Waals surface area contributed by atoms with Gasteiger partial charge < -0.3 is 15.0 Å². The summed E-state index contributed by atoms with van der Waals surface area (Å²) in [5, 5.41) is 3.85. The fourth-order valence-electron chi connectivity index (χ4n) is 5.79. The number of hydrogen-bond donors (Lipinski definition) is 1. The summed E-state index contributed by atoms with van der Waals surface area (Å²) in [5.41, 5.74) is 0. The number of nitrogens with zero attached hydrogens (tertiary/aromatic N) is 1. The van der Waals surface area contributed by atoms with Gasteiger partial charge in [-0.05, 0) is 45.1 Å². The van der Waals surface area contributed by atoms with Crippen molar-refractivity contribution in [3.8, 4) is 0 Å². The molecule has 0 aromatic rings. The predicted molar refractivity (Wildman–Crippen MR) is 172 cm³/mol. The van der Waals surface area contributed by atoms with Gasteiger partial charge in [0.1, 0.15) is 0 Å². The van der Waals surface area contributed by atoms with E-state index in [0.717, 1.165) is 32.1 Å². The minimum absolute atomic E-state index is 0.694. The Morgan fingerprint density at radius 2 is 0.974 bits per heavy atom. The van der Waals surface area contributed by atoms with Crippen molar-refractivity contribution >= 4 is 0 Å². The van der Waals surface area contributed by atoms with E-state index in [-0.39, 0.29) is 0 Å². The summed E-state index contributed by atoms with van der Waals surface area (Å²) in [6.07, 6.45) is 31.8. The van der Waals surface area contributed by atoms with E-state index in [4.69, 9.17) is 4.74 Å². The molecule has 0 saturated carbocycles. The molecule has 0 radical (unpaired) electrons. The second-order valence-electron chi connectivity index (χ2n) is 12.3. The van der Waals surface area contributed by atoms with Crippen molar-refractivity contribution in [2.75, 3.05) is 39.9 Å². The zero-order valence-electron chi connectivity index (χ0n) is 27.3. The molecule has 3 nitrogen and oxygen atoms in total. The molecule has 0 fully saturated rings. The van der Waals surface area contributed by atoms with Crippen LogP contribution in [0.5, 0.6) is 0 Å². The molecule has 0 spiro atoms. The van der Waals surface area contributed by atoms with Crippen LogP contribution in [-0.2, 0) is 4.74 Å². The first kappa shape index (κ1) is 37.9. The molecular formula is C35H74N2O. The van der Waals surface area contributed by atoms with Gasteiger partial charge in [-0.2, -0.15) is 0 Å². The van der Waals surface area contributed by atoms with Crippen molar-refractivity contribution in [2.45, 2.75) is 181 Å². The van der Waals surface area contributed by atoms with Crippen LogP contribution in [0.25, 0.3) is 0 Å². The molecule has 230 valence electrons. The van der Waals surface area contributed by atoms with E-state index in [0.29, 0.717) is 6.04 Å². The molecule has 0 saturated heterocycles. The van der Waals surface area contributed by atoms with Gasteiger partial charge in [0.15, 0.2) is 0 Å². The molecule has 0 atom stereocenters. The molecule has 0 aliphatic heterocycles. The van der Waals surface area contributed by atoms with E-state index < -0.39 is 0 Å². The highest BCUT2D eigenvalue weighted by atomic mass is 16.5. The van der Waals surface area contributed by atoms with Crippen molar-refractivity contribution in [3.05, 3.63) is 0 Å². The van der Waals surface area contributed by atoms with Crippen molar-refractivity contribution in [1.29, 1.82) is 0 Å². The molecule has 3 heteroatoms. The van der Waals surface area contributed by atoms with Crippen LogP contribution in [0, 0.1) is 5.92 Å². The molecule has 1 N–H and O–H groups in total. The summed E-state index contributed by atoms with van der Waals surface area (Å²) in [5.74, 6) is 0.889. The van der Waals surface area contributed by atoms with Gasteiger partial charge in [0.2, 0.25) is 0 Å². The van der Waals surface area contributed by atoms with Gasteiger partial charge in [-0.1, -0.05) is 143 Å². The summed E-state index contributed by atoms with van der Waals surface area (Å²) in [7, 11) is 2.33. The first-order valence-electron chi connectivity index (χ1n) is 17.7. The van der Waals surface area contributed by atoms with E-state index in [2.05, 4.69) is 45.0 Å². The smallest absolute Gasteiger partial charge is 0.0591 e. The number of ether oxygens (including phenoxy) is 1. The maximum absolute atomic E-state index is 6.05. The maximum Gasteiger partial charge on any atom is 0.0591 e. The largest absolute Gasteiger partial charge is 0.380 e. The first-order chi connectivity index (χ1) is 18.7. The Morgan fingerprint density at radius 3 is 1.47 bits per heavy atom. The molecular weight excluding hydrogens is 464 g/mol. The predicted octanol–water partition coefficient (Wildman–Crippen LogP) is 10.6. The molecule has 0 aromatic heterocycles. The Bertz CT molecular complexity index is 404. The van der Waals surface area contributed by atoms with Crippen LogP contribution in [0.1, 0.15) is 175 Å². The number of hydrogen-bond acceptors (Lipinski definition) is 3. The lowest BCUT2D eigenvalue weighted by molar-refractivity contribution is 0.120. The van der Waals surface area contributed by atoms with Crippen LogP contribution < -0.4 is 5.32 Å². The third kappa shape index (κ3) is 27.4. The summed E-state index contributed by atoms with van der Waals surface area (Å²) in [6, 6.07) is 0.694. The molecule has 0 heterocycles. The third-order valence-electron chi connectivity index (χ3n) is 8.32. The number of unbranched alkanes of at least 4 members (excludes halogenated alkanes) is 14. The summed E-state index contributed by atoms with van der Waals surface area (Å²) >= 11 is 0. The molecule has 0 aliphatic carbocycles. The molecule has 0 amide bonds. The lowest BCUT2D eigenvalue weighted by atomic mass is 9.94. The quantitative estimate of drug-likeness (QED) is 0.0862. The minimum atomic E-state index is 0.694. The summed E-state index contributed by atoms with van der Waals surface area (Å²) in [4.78, 5) is 2.58. The maximum atomic E-state index is 6.05. The van der Waals surface area contributed by atoms with Crippen LogP contribution in [0.15, 0.2) is 0 Å². The Labute approximate surface area is 242 Å². The van der Waals surface area contributed by atoms with Crippen LogP contribution in [0.4, 0.5) is 0 Å². The van der Waals surface area contributed by atoms with E-state index >= 15 is 0 Å². The normalized spacial score (nSPS) is 12.0. The highest BCUT2D eigenvalue weighted by Gasteiger charge is 2.12. The Balaban J connectivity index is 4.08. The van der Waals surface area contributed by atoms with Gasteiger partial charge in [-0.25, -0.2) is 0 Å². The molecule has 38 heavy (non-hydrogen) atoms. The second-order valence-corrected chi connectivity index (χ2v) is 12.3. The molecule has 0 aliphatic rings. The Morgan fingerprint density at radius 1 is 0.526 bits per heavy atom. The zero-order chi connectivity index (χ0) is 27.9. The second kappa shape index (κ2) is 31.4. The van der Waals surface area contributed by atoms with Gasteiger partial charge in [-0.3, -0.25) is 0 Å². The fraction of sp³-hybridized carbons (Fsp3) is 1.00. The summed E-state index contributed by atoms with van der Waals surface area (Å²) < 4.78 is 6.05. The van der Waals surface area contributed by atoms with Gasteiger partial charge in [-0.15, -0.1) is 0 Å². The van der Waals surface area contributed by atoms with Crippen LogP contribution in [-0.4, -0.2) is 50.8 Å². The topological polar surface area (TPSA) is 24.5 Å². The first-order valence-corrected chi connectivity index (χ1v) is 17.7. The standard InChI is InChI=1S/C35H74N2O/c1-6-10-14-18-22-27-35(28-23-19-15-11-7-2)36-29-32-38-31-24-30-37(5)33-34(25-20-16-12-8-3)26-21-17-13-9-4/h34-36H,6-33H2,1-5H3. The highest BCUT2D eigenvalue weighted by molar-refractivity contribution is 4.68. The zero-order valence-corrected chi connectivity index (χ0v) is 27.3. The van der Waals surface area contributed by atoms with Crippen molar-refractivity contribution in [1.82, 2.24) is 10.2 Å². The van der Waals surface area contributed by atoms with E-state index in [1.54, 1.807) is 0 Å². The van der Waals surface area contributed by atoms with Gasteiger partial charge >= 0.3 is 0 Å². The van der Waals surface area contributed by atoms with Crippen LogP contribution >= 0.6 is 0 Å². The van der Waals surface area contributed by atoms with Gasteiger partial charge in [0.05, 0.1) is 6.61 Å². The molecule has 0 aromatic carbocycles. The molecule has 0 rings (SSSR count). The fourth-order valence-corrected chi connectivity index (χ4v) is 5.79. The van der Waals surface area contributed by atoms with Crippen LogP contribution in [0.2, 0.25) is 0 Å². The van der Waals surface area contributed by atoms with Crippen molar-refractivity contribution < 1.29 is 4.74 Å². The molecule has 0 bridgehead atoms. The summed E-state index contributed by atoms with van der Waals surface area (Å²) in [6.45, 7) is 14.5. The lowest BCUT2D eigenvalue weighted by Crippen LogP contribution is -2.32. The van der Waals surface area contributed by atoms with E-state index in [1.165, 1.54) is 154 Å². The number of rotatable bonds is 32. The highest BCUT2D eigenvalue weighted by Crippen LogP contribution is 2.19. The Hall–Kier alpha value is -0.120. The van der Waals surface area contributed by atoms with Crippen molar-refractivity contribution in [3.63, 3.8) is 0 Å². The number of nitrogens with one attached hydrogen (secondary N) is 1. The van der Waals surface area contributed by atoms with Gasteiger partial charge in [0.25, 0.3) is 0 Å². The SMILES string of the molecule is CCCCCCCC(CCCCCCC)NCCOCCCN(C)CC(CCCCCC)CCCCCC. The Kier molecular flexibility index (Phi) is 31.3. The van der Waals surface area contributed by atoms with E-state index in [1.807, 2.05) is 0 Å². The molecule has 0 unspecified atom stereocenters. The average molecular weight is 539 g/mol. The minimum Gasteiger partial charge on any atom is -0.380 e. The lowest BCUT2D eigenvalue weighted by Gasteiger charge is -2.24.